The van der Waals surface area contributed by atoms with Crippen LogP contribution in [0.5, 0.6) is 0 Å². The van der Waals surface area contributed by atoms with Gasteiger partial charge in [0.1, 0.15) is 5.15 Å². The van der Waals surface area contributed by atoms with Crippen molar-refractivity contribution in [1.82, 2.24) is 10.3 Å². The molecule has 1 N–H and O–H groups in total. The zero-order chi connectivity index (χ0) is 15.6. The first-order valence-corrected chi connectivity index (χ1v) is 9.06. The highest BCUT2D eigenvalue weighted by Gasteiger charge is 2.14. The first-order valence-electron chi connectivity index (χ1n) is 8.68. The molecule has 0 saturated heterocycles. The molecule has 3 nitrogen and oxygen atoms in total. The second kappa shape index (κ2) is 9.83. The Morgan fingerprint density at radius 3 is 2.09 bits per heavy atom. The summed E-state index contributed by atoms with van der Waals surface area (Å²) in [5, 5.41) is 3.56. The number of nitrogens with one attached hydrogen (secondary N) is 1. The van der Waals surface area contributed by atoms with Crippen LogP contribution < -0.4 is 5.32 Å². The van der Waals surface area contributed by atoms with Crippen LogP contribution in [0.25, 0.3) is 0 Å². The van der Waals surface area contributed by atoms with Gasteiger partial charge in [0.25, 0.3) is 5.91 Å². The van der Waals surface area contributed by atoms with Gasteiger partial charge in [0.2, 0.25) is 0 Å². The average Bonchev–Trinajstić information content (AvgIpc) is 2.50. The zero-order valence-corrected chi connectivity index (χ0v) is 14.1. The van der Waals surface area contributed by atoms with Gasteiger partial charge in [0, 0.05) is 17.8 Å². The smallest absolute Gasteiger partial charge is 0.251 e. The van der Waals surface area contributed by atoms with Crippen LogP contribution in [0.2, 0.25) is 5.15 Å². The van der Waals surface area contributed by atoms with Crippen LogP contribution in [0.4, 0.5) is 0 Å². The molecule has 1 aromatic heterocycles. The van der Waals surface area contributed by atoms with Gasteiger partial charge in [-0.05, 0) is 25.0 Å². The molecule has 0 radical (unpaired) electrons. The van der Waals surface area contributed by atoms with Crippen molar-refractivity contribution in [3.63, 3.8) is 0 Å². The molecule has 2 rings (SSSR count). The number of hydrogen-bond donors (Lipinski definition) is 1. The summed E-state index contributed by atoms with van der Waals surface area (Å²) in [4.78, 5) is 16.3. The summed E-state index contributed by atoms with van der Waals surface area (Å²) >= 11 is 5.86. The van der Waals surface area contributed by atoms with E-state index in [1.807, 2.05) is 0 Å². The molecule has 1 fully saturated rings. The Labute approximate surface area is 138 Å². The van der Waals surface area contributed by atoms with Crippen molar-refractivity contribution in [3.8, 4) is 0 Å². The van der Waals surface area contributed by atoms with E-state index >= 15 is 0 Å². The van der Waals surface area contributed by atoms with Gasteiger partial charge in [-0.3, -0.25) is 4.79 Å². The highest BCUT2D eigenvalue weighted by atomic mass is 35.5. The lowest BCUT2D eigenvalue weighted by atomic mass is 9.97. The third-order valence-corrected chi connectivity index (χ3v) is 4.64. The van der Waals surface area contributed by atoms with E-state index in [1.54, 1.807) is 18.3 Å². The Hall–Kier alpha value is -1.09. The Balaban J connectivity index is 1.87. The van der Waals surface area contributed by atoms with Crippen molar-refractivity contribution in [2.24, 2.45) is 0 Å². The minimum absolute atomic E-state index is 0.0265. The molecule has 1 aliphatic carbocycles. The first kappa shape index (κ1) is 17.3. The standard InChI is InChI=1S/C18H27ClN2O/c19-17-14-15(12-13-20-17)18(22)21-16-10-8-6-4-2-1-3-5-7-9-11-16/h12-14,16H,1-11H2,(H,21,22). The van der Waals surface area contributed by atoms with E-state index in [4.69, 9.17) is 11.6 Å². The normalized spacial score (nSPS) is 19.0. The molecule has 0 unspecified atom stereocenters. The summed E-state index contributed by atoms with van der Waals surface area (Å²) in [7, 11) is 0. The van der Waals surface area contributed by atoms with Crippen molar-refractivity contribution in [2.45, 2.75) is 76.7 Å². The molecule has 0 aromatic carbocycles. The molecule has 1 saturated carbocycles. The van der Waals surface area contributed by atoms with Crippen molar-refractivity contribution < 1.29 is 4.79 Å². The number of aromatic nitrogens is 1. The highest BCUT2D eigenvalue weighted by molar-refractivity contribution is 6.29. The predicted octanol–water partition coefficient (Wildman–Crippen LogP) is 5.14. The molecular weight excluding hydrogens is 296 g/mol. The summed E-state index contributed by atoms with van der Waals surface area (Å²) in [6.07, 6.45) is 15.5. The lowest BCUT2D eigenvalue weighted by Gasteiger charge is -2.19. The van der Waals surface area contributed by atoms with Crippen LogP contribution in [0.15, 0.2) is 18.3 Å². The number of amides is 1. The Bertz CT molecular complexity index is 452. The maximum Gasteiger partial charge on any atom is 0.251 e. The fourth-order valence-corrected chi connectivity index (χ4v) is 3.29. The van der Waals surface area contributed by atoms with Gasteiger partial charge in [0.05, 0.1) is 0 Å². The summed E-state index contributed by atoms with van der Waals surface area (Å²) in [5.74, 6) is -0.0265. The number of carbonyl (C=O) groups excluding carboxylic acids is 1. The van der Waals surface area contributed by atoms with E-state index in [-0.39, 0.29) is 5.91 Å². The Morgan fingerprint density at radius 2 is 1.55 bits per heavy atom. The quantitative estimate of drug-likeness (QED) is 0.766. The summed E-state index contributed by atoms with van der Waals surface area (Å²) < 4.78 is 0. The molecule has 122 valence electrons. The molecule has 22 heavy (non-hydrogen) atoms. The van der Waals surface area contributed by atoms with Gasteiger partial charge in [-0.15, -0.1) is 0 Å². The number of rotatable bonds is 2. The minimum Gasteiger partial charge on any atom is -0.349 e. The zero-order valence-electron chi connectivity index (χ0n) is 13.3. The van der Waals surface area contributed by atoms with Gasteiger partial charge in [-0.1, -0.05) is 69.4 Å². The molecule has 1 amide bonds. The van der Waals surface area contributed by atoms with Crippen LogP contribution in [-0.2, 0) is 0 Å². The van der Waals surface area contributed by atoms with Crippen LogP contribution in [0.1, 0.15) is 81.0 Å². The number of pyridine rings is 1. The molecule has 0 atom stereocenters. The van der Waals surface area contributed by atoms with Crippen molar-refractivity contribution in [1.29, 1.82) is 0 Å². The molecule has 1 aliphatic rings. The molecule has 1 aromatic rings. The number of halogens is 1. The van der Waals surface area contributed by atoms with Crippen molar-refractivity contribution in [3.05, 3.63) is 29.0 Å². The Morgan fingerprint density at radius 1 is 1.00 bits per heavy atom. The van der Waals surface area contributed by atoms with Crippen molar-refractivity contribution >= 4 is 17.5 Å². The molecule has 0 aliphatic heterocycles. The second-order valence-electron chi connectivity index (χ2n) is 6.30. The number of carbonyl (C=O) groups is 1. The largest absolute Gasteiger partial charge is 0.349 e. The van der Waals surface area contributed by atoms with E-state index in [0.29, 0.717) is 16.8 Å². The maximum absolute atomic E-state index is 12.3. The summed E-state index contributed by atoms with van der Waals surface area (Å²) in [5.41, 5.74) is 0.603. The van der Waals surface area contributed by atoms with E-state index in [1.165, 1.54) is 57.8 Å². The monoisotopic (exact) mass is 322 g/mol. The van der Waals surface area contributed by atoms with Crippen LogP contribution in [-0.4, -0.2) is 16.9 Å². The van der Waals surface area contributed by atoms with Crippen LogP contribution in [0.3, 0.4) is 0 Å². The maximum atomic E-state index is 12.3. The van der Waals surface area contributed by atoms with Gasteiger partial charge in [0.15, 0.2) is 0 Å². The topological polar surface area (TPSA) is 42.0 Å². The van der Waals surface area contributed by atoms with E-state index in [2.05, 4.69) is 10.3 Å². The predicted molar refractivity (Wildman–Crippen MR) is 91.3 cm³/mol. The fourth-order valence-electron chi connectivity index (χ4n) is 3.12. The molecule has 4 heteroatoms. The summed E-state index contributed by atoms with van der Waals surface area (Å²) in [6.45, 7) is 0. The molecule has 0 spiro atoms. The highest BCUT2D eigenvalue weighted by Crippen LogP contribution is 2.17. The third-order valence-electron chi connectivity index (χ3n) is 4.43. The van der Waals surface area contributed by atoms with Gasteiger partial charge in [-0.25, -0.2) is 4.98 Å². The molecular formula is C18H27ClN2O. The number of nitrogens with zero attached hydrogens (tertiary/aromatic N) is 1. The van der Waals surface area contributed by atoms with Gasteiger partial charge in [-0.2, -0.15) is 0 Å². The fraction of sp³-hybridized carbons (Fsp3) is 0.667. The third kappa shape index (κ3) is 6.35. The van der Waals surface area contributed by atoms with Crippen molar-refractivity contribution in [2.75, 3.05) is 0 Å². The first-order chi connectivity index (χ1) is 10.8. The summed E-state index contributed by atoms with van der Waals surface area (Å²) in [6, 6.07) is 3.64. The molecule has 0 bridgehead atoms. The van der Waals surface area contributed by atoms with E-state index in [0.717, 1.165) is 12.8 Å². The average molecular weight is 323 g/mol. The van der Waals surface area contributed by atoms with Gasteiger partial charge < -0.3 is 5.32 Å². The van der Waals surface area contributed by atoms with Crippen LogP contribution >= 0.6 is 11.6 Å². The minimum atomic E-state index is -0.0265. The molecule has 1 heterocycles. The SMILES string of the molecule is O=C(NC1CCCCCCCCCCC1)c1ccnc(Cl)c1. The second-order valence-corrected chi connectivity index (χ2v) is 6.68. The van der Waals surface area contributed by atoms with E-state index in [9.17, 15) is 4.79 Å². The lowest BCUT2D eigenvalue weighted by molar-refractivity contribution is 0.0931. The van der Waals surface area contributed by atoms with E-state index < -0.39 is 0 Å². The number of hydrogen-bond acceptors (Lipinski definition) is 2. The van der Waals surface area contributed by atoms with Crippen LogP contribution in [0, 0.1) is 0 Å². The Kier molecular flexibility index (Phi) is 7.72. The van der Waals surface area contributed by atoms with Gasteiger partial charge >= 0.3 is 0 Å². The lowest BCUT2D eigenvalue weighted by Crippen LogP contribution is -2.35.